The van der Waals surface area contributed by atoms with Crippen molar-refractivity contribution < 1.29 is 14.0 Å². The molecule has 1 saturated heterocycles. The number of hydrogen-bond donors (Lipinski definition) is 1. The molecule has 1 N–H and O–H groups in total. The van der Waals surface area contributed by atoms with Crippen LogP contribution in [0.15, 0.2) is 54.9 Å². The van der Waals surface area contributed by atoms with E-state index in [9.17, 15) is 14.0 Å². The van der Waals surface area contributed by atoms with E-state index in [0.29, 0.717) is 17.9 Å². The Bertz CT molecular complexity index is 1140. The smallest absolute Gasteiger partial charge is 0.227 e. The van der Waals surface area contributed by atoms with Crippen molar-refractivity contribution in [2.75, 3.05) is 11.4 Å². The first-order chi connectivity index (χ1) is 14.8. The molecule has 0 unspecified atom stereocenters. The number of aromatic nitrogens is 2. The van der Waals surface area contributed by atoms with Crippen molar-refractivity contribution in [2.24, 2.45) is 13.0 Å². The summed E-state index contributed by atoms with van der Waals surface area (Å²) >= 11 is 0. The van der Waals surface area contributed by atoms with Crippen LogP contribution in [0.1, 0.15) is 35.0 Å². The quantitative estimate of drug-likeness (QED) is 0.688. The molecule has 2 aromatic carbocycles. The van der Waals surface area contributed by atoms with Gasteiger partial charge in [-0.3, -0.25) is 9.59 Å². The van der Waals surface area contributed by atoms with Crippen molar-refractivity contribution in [1.29, 1.82) is 0 Å². The molecule has 7 heteroatoms. The van der Waals surface area contributed by atoms with Gasteiger partial charge >= 0.3 is 0 Å². The van der Waals surface area contributed by atoms with E-state index in [2.05, 4.69) is 10.3 Å². The Morgan fingerprint density at radius 1 is 1.23 bits per heavy atom. The average molecular weight is 420 g/mol. The summed E-state index contributed by atoms with van der Waals surface area (Å²) in [6.07, 6.45) is 3.54. The molecule has 160 valence electrons. The minimum absolute atomic E-state index is 0.0758. The zero-order valence-electron chi connectivity index (χ0n) is 17.8. The van der Waals surface area contributed by atoms with Gasteiger partial charge in [-0.15, -0.1) is 0 Å². The zero-order chi connectivity index (χ0) is 22.1. The van der Waals surface area contributed by atoms with Crippen molar-refractivity contribution in [1.82, 2.24) is 14.9 Å². The largest absolute Gasteiger partial charge is 0.342 e. The summed E-state index contributed by atoms with van der Waals surface area (Å²) in [7, 11) is 1.82. The topological polar surface area (TPSA) is 67.2 Å². The molecule has 31 heavy (non-hydrogen) atoms. The lowest BCUT2D eigenvalue weighted by Crippen LogP contribution is -2.37. The van der Waals surface area contributed by atoms with Gasteiger partial charge in [0.1, 0.15) is 17.7 Å². The summed E-state index contributed by atoms with van der Waals surface area (Å²) in [5.41, 5.74) is 3.56. The normalized spacial score (nSPS) is 17.1. The summed E-state index contributed by atoms with van der Waals surface area (Å²) in [6.45, 7) is 4.29. The molecular weight excluding hydrogens is 395 g/mol. The van der Waals surface area contributed by atoms with Crippen molar-refractivity contribution >= 4 is 17.5 Å². The molecule has 0 saturated carbocycles. The fourth-order valence-electron chi connectivity index (χ4n) is 4.04. The molecule has 4 rings (SSSR count). The second-order valence-electron chi connectivity index (χ2n) is 8.02. The number of benzene rings is 2. The molecule has 2 heterocycles. The maximum atomic E-state index is 13.9. The van der Waals surface area contributed by atoms with E-state index in [1.165, 1.54) is 12.1 Å². The second-order valence-corrected chi connectivity index (χ2v) is 8.02. The Labute approximate surface area is 180 Å². The Hall–Kier alpha value is -3.48. The maximum absolute atomic E-state index is 13.9. The number of anilines is 1. The van der Waals surface area contributed by atoms with E-state index in [1.54, 1.807) is 34.0 Å². The summed E-state index contributed by atoms with van der Waals surface area (Å²) in [4.78, 5) is 31.9. The van der Waals surface area contributed by atoms with Crippen molar-refractivity contribution in [2.45, 2.75) is 26.3 Å². The summed E-state index contributed by atoms with van der Waals surface area (Å²) in [5.74, 6) is -0.618. The average Bonchev–Trinajstić information content (AvgIpc) is 3.34. The molecule has 1 aliphatic rings. The minimum Gasteiger partial charge on any atom is -0.342 e. The van der Waals surface area contributed by atoms with Crippen LogP contribution in [0.5, 0.6) is 0 Å². The van der Waals surface area contributed by atoms with Crippen LogP contribution in [0.2, 0.25) is 0 Å². The van der Waals surface area contributed by atoms with Gasteiger partial charge in [-0.2, -0.15) is 0 Å². The fourth-order valence-corrected chi connectivity index (χ4v) is 4.04. The first kappa shape index (κ1) is 20.8. The highest BCUT2D eigenvalue weighted by Gasteiger charge is 2.37. The third-order valence-corrected chi connectivity index (χ3v) is 5.95. The lowest BCUT2D eigenvalue weighted by atomic mass is 10.0. The van der Waals surface area contributed by atoms with Gasteiger partial charge in [0.25, 0.3) is 0 Å². The highest BCUT2D eigenvalue weighted by molar-refractivity contribution is 6.01. The van der Waals surface area contributed by atoms with E-state index in [-0.39, 0.29) is 24.1 Å². The number of rotatable bonds is 5. The first-order valence-electron chi connectivity index (χ1n) is 10.2. The first-order valence-corrected chi connectivity index (χ1v) is 10.2. The van der Waals surface area contributed by atoms with Crippen LogP contribution in [-0.2, 0) is 16.6 Å². The molecule has 3 aromatic rings. The SMILES string of the molecule is Cc1cccc(N2C[C@@H](C(=O)N[C@H](c3cccc(F)c3)c3nccn3C)CC2=O)c1C. The van der Waals surface area contributed by atoms with Crippen LogP contribution in [0.25, 0.3) is 0 Å². The predicted molar refractivity (Wildman–Crippen MR) is 116 cm³/mol. The van der Waals surface area contributed by atoms with E-state index < -0.39 is 12.0 Å². The molecule has 0 radical (unpaired) electrons. The van der Waals surface area contributed by atoms with Crippen LogP contribution < -0.4 is 10.2 Å². The Balaban J connectivity index is 1.57. The van der Waals surface area contributed by atoms with Crippen LogP contribution in [0.4, 0.5) is 10.1 Å². The van der Waals surface area contributed by atoms with Gasteiger partial charge in [-0.25, -0.2) is 9.37 Å². The van der Waals surface area contributed by atoms with Crippen LogP contribution in [-0.4, -0.2) is 27.9 Å². The monoisotopic (exact) mass is 420 g/mol. The summed E-state index contributed by atoms with van der Waals surface area (Å²) in [6, 6.07) is 11.3. The lowest BCUT2D eigenvalue weighted by molar-refractivity contribution is -0.126. The molecule has 1 aromatic heterocycles. The van der Waals surface area contributed by atoms with E-state index in [0.717, 1.165) is 16.8 Å². The van der Waals surface area contributed by atoms with Gasteiger partial charge in [0.2, 0.25) is 11.8 Å². The fraction of sp³-hybridized carbons (Fsp3) is 0.292. The number of hydrogen-bond acceptors (Lipinski definition) is 3. The molecule has 1 aliphatic heterocycles. The van der Waals surface area contributed by atoms with Gasteiger partial charge in [-0.05, 0) is 48.7 Å². The van der Waals surface area contributed by atoms with E-state index >= 15 is 0 Å². The molecule has 0 spiro atoms. The molecule has 6 nitrogen and oxygen atoms in total. The van der Waals surface area contributed by atoms with Crippen LogP contribution >= 0.6 is 0 Å². The molecule has 2 atom stereocenters. The molecule has 0 bridgehead atoms. The number of carbonyl (C=O) groups is 2. The minimum atomic E-state index is -0.618. The van der Waals surface area contributed by atoms with Gasteiger partial charge in [0.05, 0.1) is 5.92 Å². The van der Waals surface area contributed by atoms with Crippen LogP contribution in [0, 0.1) is 25.6 Å². The summed E-state index contributed by atoms with van der Waals surface area (Å²) < 4.78 is 15.7. The van der Waals surface area contributed by atoms with Gasteiger partial charge in [0, 0.05) is 38.1 Å². The van der Waals surface area contributed by atoms with Crippen molar-refractivity contribution in [3.63, 3.8) is 0 Å². The predicted octanol–water partition coefficient (Wildman–Crippen LogP) is 3.43. The third kappa shape index (κ3) is 4.08. The van der Waals surface area contributed by atoms with Crippen molar-refractivity contribution in [3.05, 3.63) is 83.2 Å². The Morgan fingerprint density at radius 3 is 2.71 bits per heavy atom. The Morgan fingerprint density at radius 2 is 2.00 bits per heavy atom. The zero-order valence-corrected chi connectivity index (χ0v) is 17.8. The number of imidazole rings is 1. The number of halogens is 1. The van der Waals surface area contributed by atoms with Gasteiger partial charge in [-0.1, -0.05) is 24.3 Å². The van der Waals surface area contributed by atoms with Crippen LogP contribution in [0.3, 0.4) is 0 Å². The van der Waals surface area contributed by atoms with Crippen molar-refractivity contribution in [3.8, 4) is 0 Å². The van der Waals surface area contributed by atoms with E-state index in [1.807, 2.05) is 39.1 Å². The highest BCUT2D eigenvalue weighted by Crippen LogP contribution is 2.30. The maximum Gasteiger partial charge on any atom is 0.227 e. The molecule has 2 amide bonds. The number of amides is 2. The Kier molecular flexibility index (Phi) is 5.59. The summed E-state index contributed by atoms with van der Waals surface area (Å²) in [5, 5.41) is 3.00. The number of aryl methyl sites for hydroxylation is 2. The number of carbonyl (C=O) groups excluding carboxylic acids is 2. The molecule has 1 fully saturated rings. The molecular formula is C24H25FN4O2. The third-order valence-electron chi connectivity index (χ3n) is 5.95. The lowest BCUT2D eigenvalue weighted by Gasteiger charge is -2.22. The van der Waals surface area contributed by atoms with E-state index in [4.69, 9.17) is 0 Å². The van der Waals surface area contributed by atoms with Gasteiger partial charge in [0.15, 0.2) is 0 Å². The molecule has 0 aliphatic carbocycles. The second kappa shape index (κ2) is 8.34. The standard InChI is InChI=1S/C24H25FN4O2/c1-15-6-4-9-20(16(15)2)29-14-18(13-21(29)30)24(31)27-22(23-26-10-11-28(23)3)17-7-5-8-19(25)12-17/h4-12,18,22H,13-14H2,1-3H3,(H,27,31)/t18-,22+/m0/s1. The highest BCUT2D eigenvalue weighted by atomic mass is 19.1. The van der Waals surface area contributed by atoms with Gasteiger partial charge < -0.3 is 14.8 Å². The number of nitrogens with zero attached hydrogens (tertiary/aromatic N) is 3. The number of nitrogens with one attached hydrogen (secondary N) is 1.